The van der Waals surface area contributed by atoms with E-state index in [1.807, 2.05) is 30.3 Å². The highest BCUT2D eigenvalue weighted by molar-refractivity contribution is 6.12. The average molecular weight is 754 g/mol. The molecule has 0 amide bonds. The molecular weight excluding hydrogens is 723 g/mol. The minimum Gasteiger partial charge on any atom is -0.309 e. The minimum absolute atomic E-state index is 0.523. The van der Waals surface area contributed by atoms with Crippen LogP contribution in [0.2, 0.25) is 0 Å². The van der Waals surface area contributed by atoms with Crippen molar-refractivity contribution in [3.05, 3.63) is 194 Å². The molecule has 0 atom stereocenters. The van der Waals surface area contributed by atoms with E-state index in [0.29, 0.717) is 23.2 Å². The van der Waals surface area contributed by atoms with E-state index in [4.69, 9.17) is 15.0 Å². The van der Waals surface area contributed by atoms with E-state index in [1.54, 1.807) is 0 Å². The Balaban J connectivity index is 1.18. The zero-order valence-electron chi connectivity index (χ0n) is 31.5. The molecule has 12 aromatic rings. The minimum atomic E-state index is 0.523. The van der Waals surface area contributed by atoms with Gasteiger partial charge in [-0.25, -0.2) is 4.98 Å². The Morgan fingerprint density at radius 2 is 0.695 bits per heavy atom. The summed E-state index contributed by atoms with van der Waals surface area (Å²) in [6.07, 6.45) is 0. The summed E-state index contributed by atoms with van der Waals surface area (Å²) in [5.74, 6) is 1.62. The summed E-state index contributed by atoms with van der Waals surface area (Å²) >= 11 is 0. The first-order chi connectivity index (χ1) is 29.2. The second-order valence-electron chi connectivity index (χ2n) is 14.8. The second-order valence-corrected chi connectivity index (χ2v) is 14.8. The van der Waals surface area contributed by atoms with Crippen LogP contribution in [0.15, 0.2) is 188 Å². The maximum atomic E-state index is 9.84. The SMILES string of the molecule is N#Cc1ccc2c(c1)c1ccccc1n2-c1ccccc1-c1nc(-c2ccccc2-n2c3ccccc3c3ccccc32)nc(-n2c3ccccc3c3ccccc32)n1. The summed E-state index contributed by atoms with van der Waals surface area (Å²) in [4.78, 5) is 16.2. The van der Waals surface area contributed by atoms with Gasteiger partial charge in [0.15, 0.2) is 11.6 Å². The van der Waals surface area contributed by atoms with Crippen molar-refractivity contribution in [2.45, 2.75) is 0 Å². The van der Waals surface area contributed by atoms with Gasteiger partial charge in [-0.3, -0.25) is 4.57 Å². The van der Waals surface area contributed by atoms with Crippen LogP contribution in [0.1, 0.15) is 5.56 Å². The molecule has 4 heterocycles. The van der Waals surface area contributed by atoms with Crippen molar-refractivity contribution in [2.75, 3.05) is 0 Å². The van der Waals surface area contributed by atoms with Crippen molar-refractivity contribution in [1.29, 1.82) is 5.26 Å². The van der Waals surface area contributed by atoms with Gasteiger partial charge < -0.3 is 9.13 Å². The van der Waals surface area contributed by atoms with Crippen LogP contribution in [0.25, 0.3) is 106 Å². The van der Waals surface area contributed by atoms with Crippen molar-refractivity contribution in [3.8, 4) is 46.2 Å². The summed E-state index contributed by atoms with van der Waals surface area (Å²) in [5, 5.41) is 16.5. The van der Waals surface area contributed by atoms with E-state index in [1.165, 1.54) is 10.8 Å². The maximum absolute atomic E-state index is 9.84. The lowest BCUT2D eigenvalue weighted by molar-refractivity contribution is 0.950. The molecule has 0 fully saturated rings. The lowest BCUT2D eigenvalue weighted by Crippen LogP contribution is -2.09. The summed E-state index contributed by atoms with van der Waals surface area (Å²) in [6, 6.07) is 67.2. The van der Waals surface area contributed by atoms with Crippen LogP contribution < -0.4 is 0 Å². The molecule has 0 saturated carbocycles. The van der Waals surface area contributed by atoms with Crippen LogP contribution in [0.3, 0.4) is 0 Å². The van der Waals surface area contributed by atoms with Crippen LogP contribution in [0.5, 0.6) is 0 Å². The number of hydrogen-bond donors (Lipinski definition) is 0. The number of para-hydroxylation sites is 7. The number of hydrogen-bond acceptors (Lipinski definition) is 4. The monoisotopic (exact) mass is 753 g/mol. The molecule has 0 N–H and O–H groups in total. The molecule has 0 aliphatic heterocycles. The van der Waals surface area contributed by atoms with E-state index in [9.17, 15) is 5.26 Å². The Morgan fingerprint density at radius 3 is 1.14 bits per heavy atom. The van der Waals surface area contributed by atoms with E-state index in [2.05, 4.69) is 177 Å². The highest BCUT2D eigenvalue weighted by atomic mass is 15.2. The molecule has 0 radical (unpaired) electrons. The van der Waals surface area contributed by atoms with Crippen LogP contribution in [-0.2, 0) is 0 Å². The molecular formula is C52H31N7. The molecule has 4 aromatic heterocycles. The fourth-order valence-corrected chi connectivity index (χ4v) is 9.04. The summed E-state index contributed by atoms with van der Waals surface area (Å²) < 4.78 is 6.75. The average Bonchev–Trinajstić information content (AvgIpc) is 3.94. The third kappa shape index (κ3) is 4.90. The Labute approximate surface area is 337 Å². The normalized spacial score (nSPS) is 11.7. The van der Waals surface area contributed by atoms with E-state index >= 15 is 0 Å². The summed E-state index contributed by atoms with van der Waals surface area (Å²) in [5.41, 5.74) is 10.5. The number of nitriles is 1. The molecule has 0 spiro atoms. The zero-order chi connectivity index (χ0) is 39.0. The van der Waals surface area contributed by atoms with Gasteiger partial charge in [-0.05, 0) is 72.8 Å². The van der Waals surface area contributed by atoms with Crippen LogP contribution >= 0.6 is 0 Å². The van der Waals surface area contributed by atoms with Gasteiger partial charge in [0.2, 0.25) is 5.95 Å². The highest BCUT2D eigenvalue weighted by Gasteiger charge is 2.23. The number of nitrogens with zero attached hydrogens (tertiary/aromatic N) is 7. The Morgan fingerprint density at radius 1 is 0.339 bits per heavy atom. The molecule has 0 bridgehead atoms. The molecule has 274 valence electrons. The van der Waals surface area contributed by atoms with Crippen molar-refractivity contribution in [2.24, 2.45) is 0 Å². The van der Waals surface area contributed by atoms with Gasteiger partial charge in [0.1, 0.15) is 0 Å². The quantitative estimate of drug-likeness (QED) is 0.175. The number of fused-ring (bicyclic) bond motifs is 9. The highest BCUT2D eigenvalue weighted by Crippen LogP contribution is 2.39. The lowest BCUT2D eigenvalue weighted by atomic mass is 10.1. The smallest absolute Gasteiger partial charge is 0.238 e. The standard InChI is InChI=1S/C52H31N7/c53-32-33-29-30-49-41(31-33)38-19-5-10-24-44(38)58(49)48-28-14-7-21-40(48)51-54-50(55-52(56-51)59-45-25-11-3-17-36(45)37-18-4-12-26-46(37)59)39-20-6-13-27-47(39)57-42-22-8-1-15-34(42)35-16-2-9-23-43(35)57/h1-31H. The summed E-state index contributed by atoms with van der Waals surface area (Å²) in [6.45, 7) is 0. The van der Waals surface area contributed by atoms with E-state index in [-0.39, 0.29) is 0 Å². The molecule has 0 aliphatic rings. The number of rotatable bonds is 5. The molecule has 59 heavy (non-hydrogen) atoms. The van der Waals surface area contributed by atoms with Crippen molar-refractivity contribution < 1.29 is 0 Å². The van der Waals surface area contributed by atoms with Crippen molar-refractivity contribution >= 4 is 65.4 Å². The predicted molar refractivity (Wildman–Crippen MR) is 238 cm³/mol. The molecule has 8 aromatic carbocycles. The molecule has 0 aliphatic carbocycles. The first-order valence-electron chi connectivity index (χ1n) is 19.6. The molecule has 0 unspecified atom stereocenters. The second kappa shape index (κ2) is 12.8. The molecule has 12 rings (SSSR count). The maximum Gasteiger partial charge on any atom is 0.238 e. The largest absolute Gasteiger partial charge is 0.309 e. The molecule has 7 nitrogen and oxygen atoms in total. The van der Waals surface area contributed by atoms with E-state index in [0.717, 1.165) is 77.1 Å². The molecule has 7 heteroatoms. The lowest BCUT2D eigenvalue weighted by Gasteiger charge is -2.17. The van der Waals surface area contributed by atoms with E-state index < -0.39 is 0 Å². The predicted octanol–water partition coefficient (Wildman–Crippen LogP) is 12.4. The van der Waals surface area contributed by atoms with Gasteiger partial charge in [0, 0.05) is 43.4 Å². The number of benzene rings is 8. The van der Waals surface area contributed by atoms with Gasteiger partial charge >= 0.3 is 0 Å². The van der Waals surface area contributed by atoms with Crippen molar-refractivity contribution in [3.63, 3.8) is 0 Å². The third-order valence-corrected chi connectivity index (χ3v) is 11.6. The fourth-order valence-electron chi connectivity index (χ4n) is 9.04. The van der Waals surface area contributed by atoms with Gasteiger partial charge in [-0.15, -0.1) is 0 Å². The van der Waals surface area contributed by atoms with Gasteiger partial charge in [-0.2, -0.15) is 15.2 Å². The Bertz CT molecular complexity index is 3600. The van der Waals surface area contributed by atoms with Gasteiger partial charge in [0.05, 0.1) is 56.1 Å². The number of aromatic nitrogens is 6. The van der Waals surface area contributed by atoms with Crippen LogP contribution in [0.4, 0.5) is 0 Å². The van der Waals surface area contributed by atoms with Gasteiger partial charge in [-0.1, -0.05) is 115 Å². The van der Waals surface area contributed by atoms with Crippen LogP contribution in [-0.4, -0.2) is 28.7 Å². The molecule has 0 saturated heterocycles. The van der Waals surface area contributed by atoms with Crippen LogP contribution in [0, 0.1) is 11.3 Å². The van der Waals surface area contributed by atoms with Crippen molar-refractivity contribution in [1.82, 2.24) is 28.7 Å². The fraction of sp³-hybridized carbons (Fsp3) is 0. The summed E-state index contributed by atoms with van der Waals surface area (Å²) in [7, 11) is 0. The zero-order valence-corrected chi connectivity index (χ0v) is 31.5. The Kier molecular flexibility index (Phi) is 7.16. The Hall–Kier alpha value is -8.34. The topological polar surface area (TPSA) is 77.2 Å². The third-order valence-electron chi connectivity index (χ3n) is 11.6. The first kappa shape index (κ1) is 32.9. The van der Waals surface area contributed by atoms with Gasteiger partial charge in [0.25, 0.3) is 0 Å². The first-order valence-corrected chi connectivity index (χ1v) is 19.6.